The lowest BCUT2D eigenvalue weighted by Crippen LogP contribution is -2.21. The molecule has 0 spiro atoms. The van der Waals surface area contributed by atoms with Gasteiger partial charge in [0, 0.05) is 11.3 Å². The number of rotatable bonds is 6. The van der Waals surface area contributed by atoms with Gasteiger partial charge in [-0.05, 0) is 38.6 Å². The van der Waals surface area contributed by atoms with Crippen LogP contribution in [0.2, 0.25) is 0 Å². The maximum Gasteiger partial charge on any atom is 0.0291 e. The van der Waals surface area contributed by atoms with Crippen LogP contribution in [0.5, 0.6) is 0 Å². The average molecular weight is 237 g/mol. The van der Waals surface area contributed by atoms with Crippen LogP contribution in [0.4, 0.5) is 0 Å². The summed E-state index contributed by atoms with van der Waals surface area (Å²) >= 11 is 1.93. The Morgan fingerprint density at radius 2 is 1.81 bits per heavy atom. The van der Waals surface area contributed by atoms with Crippen molar-refractivity contribution >= 4 is 11.8 Å². The van der Waals surface area contributed by atoms with Gasteiger partial charge in [-0.3, -0.25) is 0 Å². The molecular formula is C14H23NS. The molecule has 1 aromatic carbocycles. The fourth-order valence-corrected chi connectivity index (χ4v) is 1.95. The molecule has 0 aliphatic rings. The molecule has 1 nitrogen and oxygen atoms in total. The minimum absolute atomic E-state index is 0.453. The van der Waals surface area contributed by atoms with Gasteiger partial charge in [-0.1, -0.05) is 36.8 Å². The van der Waals surface area contributed by atoms with E-state index in [9.17, 15) is 0 Å². The van der Waals surface area contributed by atoms with E-state index in [0.29, 0.717) is 6.04 Å². The summed E-state index contributed by atoms with van der Waals surface area (Å²) in [6, 6.07) is 9.24. The summed E-state index contributed by atoms with van der Waals surface area (Å²) in [4.78, 5) is 0. The summed E-state index contributed by atoms with van der Waals surface area (Å²) in [6.45, 7) is 7.73. The first-order valence-corrected chi connectivity index (χ1v) is 7.25. The van der Waals surface area contributed by atoms with Crippen LogP contribution in [0, 0.1) is 6.92 Å². The third-order valence-corrected chi connectivity index (χ3v) is 4.02. The molecule has 90 valence electrons. The number of benzene rings is 1. The van der Waals surface area contributed by atoms with Crippen molar-refractivity contribution in [2.24, 2.45) is 0 Å². The van der Waals surface area contributed by atoms with Crippen LogP contribution in [-0.2, 0) is 0 Å². The topological polar surface area (TPSA) is 12.0 Å². The van der Waals surface area contributed by atoms with Crippen molar-refractivity contribution in [3.05, 3.63) is 35.4 Å². The fraction of sp³-hybridized carbons (Fsp3) is 0.571. The minimum Gasteiger partial charge on any atom is -0.310 e. The zero-order chi connectivity index (χ0) is 12.0. The van der Waals surface area contributed by atoms with Crippen LogP contribution in [-0.4, -0.2) is 18.1 Å². The van der Waals surface area contributed by atoms with E-state index < -0.39 is 0 Å². The molecule has 0 aliphatic heterocycles. The number of hydrogen-bond acceptors (Lipinski definition) is 2. The van der Waals surface area contributed by atoms with Gasteiger partial charge in [-0.25, -0.2) is 0 Å². The zero-order valence-electron chi connectivity index (χ0n) is 10.8. The van der Waals surface area contributed by atoms with E-state index in [-0.39, 0.29) is 0 Å². The first-order chi connectivity index (χ1) is 7.63. The maximum atomic E-state index is 3.57. The first kappa shape index (κ1) is 13.6. The largest absolute Gasteiger partial charge is 0.310 e. The molecule has 0 amide bonds. The minimum atomic E-state index is 0.453. The summed E-state index contributed by atoms with van der Waals surface area (Å²) in [6.07, 6.45) is 3.41. The summed E-state index contributed by atoms with van der Waals surface area (Å²) in [7, 11) is 0. The van der Waals surface area contributed by atoms with Gasteiger partial charge in [0.2, 0.25) is 0 Å². The van der Waals surface area contributed by atoms with Crippen molar-refractivity contribution in [2.45, 2.75) is 38.5 Å². The van der Waals surface area contributed by atoms with Crippen LogP contribution in [0.25, 0.3) is 0 Å². The van der Waals surface area contributed by atoms with Crippen LogP contribution >= 0.6 is 11.8 Å². The number of hydrogen-bond donors (Lipinski definition) is 1. The maximum absolute atomic E-state index is 3.57. The normalized spacial score (nSPS) is 14.8. The smallest absolute Gasteiger partial charge is 0.0291 e. The Labute approximate surface area is 104 Å². The highest BCUT2D eigenvalue weighted by Crippen LogP contribution is 2.14. The van der Waals surface area contributed by atoms with Gasteiger partial charge in [0.1, 0.15) is 0 Å². The van der Waals surface area contributed by atoms with E-state index >= 15 is 0 Å². The number of aryl methyl sites for hydroxylation is 1. The lowest BCUT2D eigenvalue weighted by atomic mass is 10.1. The van der Waals surface area contributed by atoms with Crippen molar-refractivity contribution in [1.29, 1.82) is 0 Å². The summed E-state index contributed by atoms with van der Waals surface area (Å²) in [5, 5.41) is 4.32. The molecule has 1 aromatic rings. The third-order valence-electron chi connectivity index (χ3n) is 2.98. The molecule has 16 heavy (non-hydrogen) atoms. The van der Waals surface area contributed by atoms with Gasteiger partial charge < -0.3 is 5.32 Å². The van der Waals surface area contributed by atoms with Gasteiger partial charge in [-0.15, -0.1) is 0 Å². The Bertz CT molecular complexity index is 294. The lowest BCUT2D eigenvalue weighted by molar-refractivity contribution is 0.558. The molecule has 0 heterocycles. The summed E-state index contributed by atoms with van der Waals surface area (Å²) in [5.41, 5.74) is 2.70. The molecule has 0 saturated carbocycles. The lowest BCUT2D eigenvalue weighted by Gasteiger charge is -2.16. The van der Waals surface area contributed by atoms with Crippen molar-refractivity contribution in [1.82, 2.24) is 5.32 Å². The number of nitrogens with one attached hydrogen (secondary N) is 1. The van der Waals surface area contributed by atoms with E-state index in [1.807, 2.05) is 11.8 Å². The Kier molecular flexibility index (Phi) is 5.93. The Morgan fingerprint density at radius 3 is 2.38 bits per heavy atom. The van der Waals surface area contributed by atoms with Crippen molar-refractivity contribution < 1.29 is 0 Å². The molecule has 0 radical (unpaired) electrons. The second kappa shape index (κ2) is 6.97. The van der Waals surface area contributed by atoms with E-state index in [4.69, 9.17) is 0 Å². The molecule has 2 unspecified atom stereocenters. The molecule has 0 bridgehead atoms. The summed E-state index contributed by atoms with van der Waals surface area (Å²) < 4.78 is 0. The van der Waals surface area contributed by atoms with Crippen LogP contribution in [0.1, 0.15) is 37.4 Å². The second-order valence-corrected chi connectivity index (χ2v) is 5.70. The van der Waals surface area contributed by atoms with Crippen molar-refractivity contribution in [3.63, 3.8) is 0 Å². The van der Waals surface area contributed by atoms with E-state index in [0.717, 1.165) is 11.8 Å². The summed E-state index contributed by atoms with van der Waals surface area (Å²) in [5.74, 6) is 0. The molecular weight excluding hydrogens is 214 g/mol. The van der Waals surface area contributed by atoms with Crippen molar-refractivity contribution in [3.8, 4) is 0 Å². The Balaban J connectivity index is 2.35. The highest BCUT2D eigenvalue weighted by molar-refractivity contribution is 7.99. The van der Waals surface area contributed by atoms with E-state index in [1.165, 1.54) is 17.5 Å². The van der Waals surface area contributed by atoms with Gasteiger partial charge >= 0.3 is 0 Å². The number of thioether (sulfide) groups is 1. The van der Waals surface area contributed by atoms with Crippen LogP contribution < -0.4 is 5.32 Å². The SMILES string of the molecule is CSC(C)CCNC(C)c1ccc(C)cc1. The van der Waals surface area contributed by atoms with Gasteiger partial charge in [0.05, 0.1) is 0 Å². The fourth-order valence-electron chi connectivity index (χ4n) is 1.59. The van der Waals surface area contributed by atoms with Gasteiger partial charge in [0.25, 0.3) is 0 Å². The van der Waals surface area contributed by atoms with Gasteiger partial charge in [0.15, 0.2) is 0 Å². The second-order valence-electron chi connectivity index (χ2n) is 4.42. The Morgan fingerprint density at radius 1 is 1.19 bits per heavy atom. The molecule has 1 N–H and O–H groups in total. The molecule has 0 aromatic heterocycles. The van der Waals surface area contributed by atoms with Gasteiger partial charge in [-0.2, -0.15) is 11.8 Å². The van der Waals surface area contributed by atoms with E-state index in [2.05, 4.69) is 56.6 Å². The van der Waals surface area contributed by atoms with Crippen LogP contribution in [0.3, 0.4) is 0 Å². The van der Waals surface area contributed by atoms with E-state index in [1.54, 1.807) is 0 Å². The highest BCUT2D eigenvalue weighted by Gasteiger charge is 2.05. The molecule has 0 saturated heterocycles. The quantitative estimate of drug-likeness (QED) is 0.808. The molecule has 0 fully saturated rings. The monoisotopic (exact) mass is 237 g/mol. The molecule has 0 aliphatic carbocycles. The van der Waals surface area contributed by atoms with Crippen molar-refractivity contribution in [2.75, 3.05) is 12.8 Å². The third kappa shape index (κ3) is 4.58. The predicted molar refractivity (Wildman–Crippen MR) is 75.2 cm³/mol. The molecule has 1 rings (SSSR count). The predicted octanol–water partition coefficient (Wildman–Crippen LogP) is 3.79. The average Bonchev–Trinajstić information content (AvgIpc) is 2.29. The molecule has 2 atom stereocenters. The first-order valence-electron chi connectivity index (χ1n) is 5.96. The van der Waals surface area contributed by atoms with Crippen LogP contribution in [0.15, 0.2) is 24.3 Å². The standard InChI is InChI=1S/C14H23NS/c1-11-5-7-14(8-6-11)13(3)15-10-9-12(2)16-4/h5-8,12-13,15H,9-10H2,1-4H3. The highest BCUT2D eigenvalue weighted by atomic mass is 32.2. The zero-order valence-corrected chi connectivity index (χ0v) is 11.6. The Hall–Kier alpha value is -0.470. The molecule has 2 heteroatoms.